The first-order valence-corrected chi connectivity index (χ1v) is 2.62. The summed E-state index contributed by atoms with van der Waals surface area (Å²) < 4.78 is 0. The van der Waals surface area contributed by atoms with Gasteiger partial charge in [0.25, 0.3) is 0 Å². The maximum atomic E-state index is 5.35. The molecule has 0 fully saturated rings. The maximum Gasteiger partial charge on any atom is 0.00361 e. The fraction of sp³-hybridized carbons (Fsp3) is 0.667. The summed E-state index contributed by atoms with van der Waals surface area (Å²) in [5, 5.41) is 0. The molecule has 0 saturated carbocycles. The topological polar surface area (TPSA) is 26.0 Å². The van der Waals surface area contributed by atoms with Crippen LogP contribution in [0.3, 0.4) is 0 Å². The second-order valence-electron chi connectivity index (χ2n) is 1.88. The van der Waals surface area contributed by atoms with Crippen LogP contribution in [-0.4, -0.2) is 0 Å². The lowest BCUT2D eigenvalue weighted by Gasteiger charge is -2.04. The summed E-state index contributed by atoms with van der Waals surface area (Å²) in [6.07, 6.45) is 1.09. The van der Waals surface area contributed by atoms with Gasteiger partial charge < -0.3 is 5.73 Å². The van der Waals surface area contributed by atoms with Crippen LogP contribution >= 0.6 is 0 Å². The number of allylic oxidation sites excluding steroid dienone is 1. The highest BCUT2D eigenvalue weighted by molar-refractivity contribution is 4.90. The summed E-state index contributed by atoms with van der Waals surface area (Å²) in [4.78, 5) is 0. The van der Waals surface area contributed by atoms with E-state index in [-0.39, 0.29) is 0 Å². The largest absolute Gasteiger partial charge is 0.402 e. The zero-order valence-electron chi connectivity index (χ0n) is 5.07. The average molecular weight is 99.2 g/mol. The van der Waals surface area contributed by atoms with Crippen molar-refractivity contribution in [1.29, 1.82) is 0 Å². The highest BCUT2D eigenvalue weighted by Crippen LogP contribution is 2.04. The van der Waals surface area contributed by atoms with Crippen molar-refractivity contribution in [2.24, 2.45) is 11.7 Å². The normalized spacial score (nSPS) is 13.4. The van der Waals surface area contributed by atoms with Gasteiger partial charge in [0.15, 0.2) is 0 Å². The van der Waals surface area contributed by atoms with Crippen molar-refractivity contribution >= 4 is 0 Å². The van der Waals surface area contributed by atoms with Crippen LogP contribution < -0.4 is 5.73 Å². The SMILES string of the molecule is C=C(N)C(C)CC. The molecule has 0 heterocycles. The van der Waals surface area contributed by atoms with Gasteiger partial charge in [0.2, 0.25) is 0 Å². The van der Waals surface area contributed by atoms with Gasteiger partial charge in [-0.2, -0.15) is 0 Å². The first kappa shape index (κ1) is 6.54. The van der Waals surface area contributed by atoms with Gasteiger partial charge >= 0.3 is 0 Å². The summed E-state index contributed by atoms with van der Waals surface area (Å²) in [7, 11) is 0. The number of nitrogens with two attached hydrogens (primary N) is 1. The van der Waals surface area contributed by atoms with E-state index in [0.717, 1.165) is 12.1 Å². The van der Waals surface area contributed by atoms with Crippen molar-refractivity contribution in [3.63, 3.8) is 0 Å². The lowest BCUT2D eigenvalue weighted by atomic mass is 10.1. The summed E-state index contributed by atoms with van der Waals surface area (Å²) in [6.45, 7) is 7.78. The molecular weight excluding hydrogens is 86.1 g/mol. The fourth-order valence-corrected chi connectivity index (χ4v) is 0.262. The van der Waals surface area contributed by atoms with E-state index in [2.05, 4.69) is 20.4 Å². The molecular formula is C6H13N. The minimum absolute atomic E-state index is 0.486. The molecule has 0 bridgehead atoms. The van der Waals surface area contributed by atoms with Crippen molar-refractivity contribution in [3.8, 4) is 0 Å². The van der Waals surface area contributed by atoms with Crippen molar-refractivity contribution in [1.82, 2.24) is 0 Å². The molecule has 0 aliphatic heterocycles. The van der Waals surface area contributed by atoms with E-state index in [1.54, 1.807) is 0 Å². The van der Waals surface area contributed by atoms with Crippen LogP contribution in [0.2, 0.25) is 0 Å². The molecule has 1 heteroatoms. The zero-order chi connectivity index (χ0) is 5.86. The van der Waals surface area contributed by atoms with Crippen LogP contribution in [0.15, 0.2) is 12.3 Å². The number of hydrogen-bond donors (Lipinski definition) is 1. The molecule has 0 radical (unpaired) electrons. The van der Waals surface area contributed by atoms with Crippen molar-refractivity contribution in [2.75, 3.05) is 0 Å². The number of rotatable bonds is 2. The Morgan fingerprint density at radius 2 is 2.29 bits per heavy atom. The van der Waals surface area contributed by atoms with Gasteiger partial charge in [-0.05, 0) is 12.3 Å². The smallest absolute Gasteiger partial charge is 0.00361 e. The zero-order valence-corrected chi connectivity index (χ0v) is 5.07. The Bertz CT molecular complexity index is 66.6. The van der Waals surface area contributed by atoms with Crippen LogP contribution in [-0.2, 0) is 0 Å². The molecule has 42 valence electrons. The summed E-state index contributed by atoms with van der Waals surface area (Å²) in [5.41, 5.74) is 6.15. The molecule has 0 amide bonds. The van der Waals surface area contributed by atoms with Gasteiger partial charge in [0.1, 0.15) is 0 Å². The molecule has 0 saturated heterocycles. The van der Waals surface area contributed by atoms with Crippen molar-refractivity contribution < 1.29 is 0 Å². The van der Waals surface area contributed by atoms with E-state index in [1.165, 1.54) is 0 Å². The minimum Gasteiger partial charge on any atom is -0.402 e. The standard InChI is InChI=1S/C6H13N/c1-4-5(2)6(3)7/h5H,3-4,7H2,1-2H3. The predicted octanol–water partition coefficient (Wildman–Crippen LogP) is 1.50. The van der Waals surface area contributed by atoms with Crippen LogP contribution in [0.5, 0.6) is 0 Å². The van der Waals surface area contributed by atoms with E-state index in [1.807, 2.05) is 0 Å². The molecule has 1 atom stereocenters. The molecule has 0 aromatic rings. The third-order valence-corrected chi connectivity index (χ3v) is 1.25. The molecule has 0 aromatic heterocycles. The summed E-state index contributed by atoms with van der Waals surface area (Å²) in [6, 6.07) is 0. The van der Waals surface area contributed by atoms with E-state index >= 15 is 0 Å². The lowest BCUT2D eigenvalue weighted by Crippen LogP contribution is -2.04. The quantitative estimate of drug-likeness (QED) is 0.558. The molecule has 0 rings (SSSR count). The third-order valence-electron chi connectivity index (χ3n) is 1.25. The molecule has 0 aliphatic carbocycles. The maximum absolute atomic E-state index is 5.35. The molecule has 1 nitrogen and oxygen atoms in total. The Labute approximate surface area is 45.2 Å². The lowest BCUT2D eigenvalue weighted by molar-refractivity contribution is 0.650. The second kappa shape index (κ2) is 2.67. The highest BCUT2D eigenvalue weighted by atomic mass is 14.6. The Morgan fingerprint density at radius 1 is 1.86 bits per heavy atom. The molecule has 1 unspecified atom stereocenters. The molecule has 0 aliphatic rings. The van der Waals surface area contributed by atoms with Crippen molar-refractivity contribution in [3.05, 3.63) is 12.3 Å². The van der Waals surface area contributed by atoms with Gasteiger partial charge in [-0.25, -0.2) is 0 Å². The third kappa shape index (κ3) is 2.26. The molecule has 0 spiro atoms. The first-order valence-electron chi connectivity index (χ1n) is 2.62. The molecule has 0 aromatic carbocycles. The highest BCUT2D eigenvalue weighted by Gasteiger charge is 1.95. The van der Waals surface area contributed by atoms with E-state index in [0.29, 0.717) is 5.92 Å². The minimum atomic E-state index is 0.486. The van der Waals surface area contributed by atoms with Gasteiger partial charge in [-0.15, -0.1) is 0 Å². The number of hydrogen-bond acceptors (Lipinski definition) is 1. The predicted molar refractivity (Wildman–Crippen MR) is 32.8 cm³/mol. The van der Waals surface area contributed by atoms with Gasteiger partial charge in [-0.1, -0.05) is 20.4 Å². The average Bonchev–Trinajstić information content (AvgIpc) is 1.65. The monoisotopic (exact) mass is 99.1 g/mol. The van der Waals surface area contributed by atoms with Crippen molar-refractivity contribution in [2.45, 2.75) is 20.3 Å². The van der Waals surface area contributed by atoms with Crippen LogP contribution in [0.4, 0.5) is 0 Å². The van der Waals surface area contributed by atoms with E-state index < -0.39 is 0 Å². The van der Waals surface area contributed by atoms with Crippen LogP contribution in [0.1, 0.15) is 20.3 Å². The van der Waals surface area contributed by atoms with Gasteiger partial charge in [-0.3, -0.25) is 0 Å². The summed E-state index contributed by atoms with van der Waals surface area (Å²) >= 11 is 0. The van der Waals surface area contributed by atoms with E-state index in [9.17, 15) is 0 Å². The first-order chi connectivity index (χ1) is 3.18. The summed E-state index contributed by atoms with van der Waals surface area (Å²) in [5.74, 6) is 0.486. The Kier molecular flexibility index (Phi) is 2.49. The second-order valence-corrected chi connectivity index (χ2v) is 1.88. The fourth-order valence-electron chi connectivity index (χ4n) is 0.262. The molecule has 2 N–H and O–H groups in total. The van der Waals surface area contributed by atoms with Crippen LogP contribution in [0, 0.1) is 5.92 Å². The molecule has 7 heavy (non-hydrogen) atoms. The Balaban J connectivity index is 3.34. The van der Waals surface area contributed by atoms with E-state index in [4.69, 9.17) is 5.73 Å². The van der Waals surface area contributed by atoms with Crippen LogP contribution in [0.25, 0.3) is 0 Å². The van der Waals surface area contributed by atoms with Gasteiger partial charge in [0, 0.05) is 5.70 Å². The van der Waals surface area contributed by atoms with Gasteiger partial charge in [0.05, 0.1) is 0 Å². The Hall–Kier alpha value is -0.460. The Morgan fingerprint density at radius 3 is 2.29 bits per heavy atom.